The maximum Gasteiger partial charge on any atom is 0.416 e. The summed E-state index contributed by atoms with van der Waals surface area (Å²) in [6.07, 6.45) is 2.23. The minimum Gasteiger partial charge on any atom is -0.359 e. The van der Waals surface area contributed by atoms with Crippen LogP contribution in [0, 0.1) is 0 Å². The number of hydrogen-bond acceptors (Lipinski definition) is 4. The highest BCUT2D eigenvalue weighted by molar-refractivity contribution is 7.11. The molecular formula is C22H14F3N5OS. The third kappa shape index (κ3) is 3.76. The van der Waals surface area contributed by atoms with Gasteiger partial charge in [-0.05, 0) is 42.0 Å². The molecule has 0 radical (unpaired) electrons. The Bertz CT molecular complexity index is 1400. The second-order valence-electron chi connectivity index (χ2n) is 7.00. The Morgan fingerprint density at radius 1 is 1.06 bits per heavy atom. The number of carbonyl (C=O) groups is 1. The van der Waals surface area contributed by atoms with Gasteiger partial charge in [0.25, 0.3) is 5.91 Å². The average Bonchev–Trinajstić information content (AvgIpc) is 3.54. The van der Waals surface area contributed by atoms with E-state index in [0.29, 0.717) is 16.3 Å². The average molecular weight is 453 g/mol. The molecule has 0 bridgehead atoms. The summed E-state index contributed by atoms with van der Waals surface area (Å²) < 4.78 is 39.9. The second-order valence-corrected chi connectivity index (χ2v) is 7.89. The first-order valence-electron chi connectivity index (χ1n) is 9.42. The smallest absolute Gasteiger partial charge is 0.359 e. The van der Waals surface area contributed by atoms with E-state index in [4.69, 9.17) is 0 Å². The van der Waals surface area contributed by atoms with Gasteiger partial charge in [0, 0.05) is 28.9 Å². The maximum absolute atomic E-state index is 12.8. The molecule has 0 unspecified atom stereocenters. The van der Waals surface area contributed by atoms with Gasteiger partial charge in [-0.25, -0.2) is 4.68 Å². The number of nitrogens with one attached hydrogen (secondary N) is 2. The van der Waals surface area contributed by atoms with Crippen molar-refractivity contribution in [3.63, 3.8) is 0 Å². The zero-order valence-electron chi connectivity index (χ0n) is 16.2. The standard InChI is InChI=1S/C22H14F3N5OS/c23-22(24,25)15-2-4-16(5-3-15)30-11-14(8-28-30)13-1-6-18-17(7-13)19(9-27-18)29-21(31)20-10-26-12-32-20/h1-12,27H,(H,29,31). The van der Waals surface area contributed by atoms with Crippen molar-refractivity contribution < 1.29 is 18.0 Å². The number of anilines is 1. The van der Waals surface area contributed by atoms with Crippen LogP contribution in [0.1, 0.15) is 15.2 Å². The maximum atomic E-state index is 12.8. The number of thiazole rings is 1. The molecule has 1 amide bonds. The van der Waals surface area contributed by atoms with Crippen LogP contribution in [-0.2, 0) is 6.18 Å². The number of nitrogens with zero attached hydrogens (tertiary/aromatic N) is 3. The molecule has 10 heteroatoms. The van der Waals surface area contributed by atoms with Gasteiger partial charge < -0.3 is 10.3 Å². The molecule has 5 aromatic rings. The fourth-order valence-corrected chi connectivity index (χ4v) is 3.85. The van der Waals surface area contributed by atoms with Crippen molar-refractivity contribution in [3.8, 4) is 16.8 Å². The zero-order valence-corrected chi connectivity index (χ0v) is 17.0. The lowest BCUT2D eigenvalue weighted by atomic mass is 10.1. The third-order valence-corrected chi connectivity index (χ3v) is 5.73. The van der Waals surface area contributed by atoms with Gasteiger partial charge >= 0.3 is 6.18 Å². The molecule has 0 spiro atoms. The fourth-order valence-electron chi connectivity index (χ4n) is 3.33. The van der Waals surface area contributed by atoms with E-state index in [1.165, 1.54) is 34.3 Å². The number of aromatic nitrogens is 4. The number of amides is 1. The Balaban J connectivity index is 1.43. The SMILES string of the molecule is O=C(Nc1c[nH]c2ccc(-c3cnn(-c4ccc(C(F)(F)F)cc4)c3)cc12)c1cncs1. The lowest BCUT2D eigenvalue weighted by Crippen LogP contribution is -2.09. The molecule has 0 aliphatic heterocycles. The molecule has 32 heavy (non-hydrogen) atoms. The lowest BCUT2D eigenvalue weighted by Gasteiger charge is -2.07. The molecule has 2 aromatic carbocycles. The summed E-state index contributed by atoms with van der Waals surface area (Å²) in [7, 11) is 0. The number of fused-ring (bicyclic) bond motifs is 1. The number of aromatic amines is 1. The van der Waals surface area contributed by atoms with E-state index in [1.54, 1.807) is 24.1 Å². The van der Waals surface area contributed by atoms with Gasteiger partial charge in [-0.1, -0.05) is 6.07 Å². The van der Waals surface area contributed by atoms with E-state index in [-0.39, 0.29) is 5.91 Å². The molecule has 6 nitrogen and oxygen atoms in total. The molecular weight excluding hydrogens is 439 g/mol. The summed E-state index contributed by atoms with van der Waals surface area (Å²) in [6, 6.07) is 10.5. The summed E-state index contributed by atoms with van der Waals surface area (Å²) in [5.74, 6) is -0.242. The van der Waals surface area contributed by atoms with E-state index >= 15 is 0 Å². The van der Waals surface area contributed by atoms with Crippen LogP contribution in [-0.4, -0.2) is 25.7 Å². The molecule has 0 saturated heterocycles. The van der Waals surface area contributed by atoms with Gasteiger partial charge in [0.15, 0.2) is 0 Å². The van der Waals surface area contributed by atoms with Crippen LogP contribution in [0.2, 0.25) is 0 Å². The van der Waals surface area contributed by atoms with Crippen molar-refractivity contribution >= 4 is 33.8 Å². The number of halogens is 3. The highest BCUT2D eigenvalue weighted by atomic mass is 32.1. The Morgan fingerprint density at radius 3 is 2.59 bits per heavy atom. The normalized spacial score (nSPS) is 11.7. The van der Waals surface area contributed by atoms with Crippen molar-refractivity contribution in [1.82, 2.24) is 19.7 Å². The monoisotopic (exact) mass is 453 g/mol. The van der Waals surface area contributed by atoms with Crippen LogP contribution in [0.5, 0.6) is 0 Å². The molecule has 3 aromatic heterocycles. The summed E-state index contributed by atoms with van der Waals surface area (Å²) in [5, 5.41) is 7.98. The van der Waals surface area contributed by atoms with Crippen LogP contribution in [0.4, 0.5) is 18.9 Å². The predicted octanol–water partition coefficient (Wildman–Crippen LogP) is 5.75. The van der Waals surface area contributed by atoms with E-state index < -0.39 is 11.7 Å². The number of alkyl halides is 3. The Hall–Kier alpha value is -3.92. The molecule has 0 saturated carbocycles. The number of carbonyl (C=O) groups excluding carboxylic acids is 1. The largest absolute Gasteiger partial charge is 0.416 e. The first kappa shape index (κ1) is 20.0. The van der Waals surface area contributed by atoms with Gasteiger partial charge in [0.2, 0.25) is 0 Å². The first-order valence-corrected chi connectivity index (χ1v) is 10.3. The summed E-state index contributed by atoms with van der Waals surface area (Å²) >= 11 is 1.25. The number of benzene rings is 2. The third-order valence-electron chi connectivity index (χ3n) is 4.96. The second kappa shape index (κ2) is 7.65. The molecule has 0 atom stereocenters. The van der Waals surface area contributed by atoms with Crippen LogP contribution in [0.3, 0.4) is 0 Å². The lowest BCUT2D eigenvalue weighted by molar-refractivity contribution is -0.137. The predicted molar refractivity (Wildman–Crippen MR) is 116 cm³/mol. The Morgan fingerprint density at radius 2 is 1.88 bits per heavy atom. The fraction of sp³-hybridized carbons (Fsp3) is 0.0455. The van der Waals surface area contributed by atoms with Gasteiger partial charge in [-0.3, -0.25) is 9.78 Å². The number of rotatable bonds is 4. The van der Waals surface area contributed by atoms with E-state index in [0.717, 1.165) is 34.2 Å². The van der Waals surface area contributed by atoms with Crippen molar-refractivity contribution in [2.24, 2.45) is 0 Å². The van der Waals surface area contributed by atoms with E-state index in [9.17, 15) is 18.0 Å². The van der Waals surface area contributed by atoms with Gasteiger partial charge in [0.1, 0.15) is 4.88 Å². The van der Waals surface area contributed by atoms with Crippen molar-refractivity contribution in [3.05, 3.63) is 83.2 Å². The van der Waals surface area contributed by atoms with Crippen molar-refractivity contribution in [2.75, 3.05) is 5.32 Å². The minimum absolute atomic E-state index is 0.242. The highest BCUT2D eigenvalue weighted by Gasteiger charge is 2.30. The van der Waals surface area contributed by atoms with Gasteiger partial charge in [0.05, 0.1) is 34.8 Å². The van der Waals surface area contributed by atoms with E-state index in [2.05, 4.69) is 20.4 Å². The quantitative estimate of drug-likeness (QED) is 0.364. The van der Waals surface area contributed by atoms with Gasteiger partial charge in [-0.15, -0.1) is 11.3 Å². The molecule has 0 aliphatic rings. The topological polar surface area (TPSA) is 75.6 Å². The summed E-state index contributed by atoms with van der Waals surface area (Å²) in [4.78, 5) is 19.9. The minimum atomic E-state index is -4.38. The molecule has 160 valence electrons. The molecule has 0 fully saturated rings. The first-order chi connectivity index (χ1) is 15.4. The van der Waals surface area contributed by atoms with E-state index in [1.807, 2.05) is 18.2 Å². The van der Waals surface area contributed by atoms with Gasteiger partial charge in [-0.2, -0.15) is 18.3 Å². The Labute approximate surface area is 183 Å². The summed E-state index contributed by atoms with van der Waals surface area (Å²) in [6.45, 7) is 0. The Kier molecular flexibility index (Phi) is 4.78. The van der Waals surface area contributed by atoms with Crippen LogP contribution >= 0.6 is 11.3 Å². The molecule has 2 N–H and O–H groups in total. The number of H-pyrrole nitrogens is 1. The molecule has 0 aliphatic carbocycles. The van der Waals surface area contributed by atoms with Crippen LogP contribution in [0.25, 0.3) is 27.7 Å². The highest BCUT2D eigenvalue weighted by Crippen LogP contribution is 2.31. The van der Waals surface area contributed by atoms with Crippen molar-refractivity contribution in [2.45, 2.75) is 6.18 Å². The molecule has 5 rings (SSSR count). The van der Waals surface area contributed by atoms with Crippen molar-refractivity contribution in [1.29, 1.82) is 0 Å². The summed E-state index contributed by atoms with van der Waals surface area (Å²) in [5.41, 5.74) is 4.52. The van der Waals surface area contributed by atoms with Crippen LogP contribution < -0.4 is 5.32 Å². The molecule has 3 heterocycles. The van der Waals surface area contributed by atoms with Crippen LogP contribution in [0.15, 0.2) is 72.8 Å². The zero-order chi connectivity index (χ0) is 22.3. The number of hydrogen-bond donors (Lipinski definition) is 2.